The molecule has 0 bridgehead atoms. The molecule has 1 atom stereocenters. The Labute approximate surface area is 286 Å². The molecule has 0 saturated carbocycles. The van der Waals surface area contributed by atoms with Crippen molar-refractivity contribution in [3.63, 3.8) is 0 Å². The number of carbonyl (C=O) groups excluding carboxylic acids is 1. The molecule has 6 rings (SSSR count). The highest BCUT2D eigenvalue weighted by atomic mass is 35.5. The number of halogens is 5. The zero-order chi connectivity index (χ0) is 34.9. The third-order valence-corrected chi connectivity index (χ3v) is 11.2. The van der Waals surface area contributed by atoms with Crippen LogP contribution in [-0.4, -0.2) is 67.4 Å². The van der Waals surface area contributed by atoms with Crippen LogP contribution in [0.5, 0.6) is 0 Å². The summed E-state index contributed by atoms with van der Waals surface area (Å²) in [5.41, 5.74) is 1.22. The molecule has 15 heteroatoms. The molecule has 3 aromatic carbocycles. The van der Waals surface area contributed by atoms with Crippen LogP contribution in [0.4, 0.5) is 29.2 Å². The molecule has 258 valence electrons. The number of rotatable bonds is 8. The maximum absolute atomic E-state index is 14.4. The van der Waals surface area contributed by atoms with Gasteiger partial charge < -0.3 is 15.1 Å². The van der Waals surface area contributed by atoms with Crippen molar-refractivity contribution < 1.29 is 30.8 Å². The molecule has 4 aromatic rings. The first-order valence-corrected chi connectivity index (χ1v) is 17.5. The van der Waals surface area contributed by atoms with Gasteiger partial charge in [-0.05, 0) is 67.8 Å². The van der Waals surface area contributed by atoms with Gasteiger partial charge in [0.25, 0.3) is 0 Å². The Bertz CT molecular complexity index is 1950. The summed E-state index contributed by atoms with van der Waals surface area (Å²) in [6.45, 7) is 3.51. The molecular formula is C34H33ClF4N6O3S. The number of anilines is 2. The summed E-state index contributed by atoms with van der Waals surface area (Å²) >= 11 is 6.19. The molecule has 0 unspecified atom stereocenters. The number of alkyl halides is 3. The van der Waals surface area contributed by atoms with Gasteiger partial charge in [-0.15, -0.1) is 0 Å². The number of nitrogens with one attached hydrogen (secondary N) is 1. The van der Waals surface area contributed by atoms with Gasteiger partial charge in [0.15, 0.2) is 0 Å². The van der Waals surface area contributed by atoms with E-state index in [1.165, 1.54) is 28.6 Å². The predicted molar refractivity (Wildman–Crippen MR) is 178 cm³/mol. The molecule has 1 N–H and O–H groups in total. The summed E-state index contributed by atoms with van der Waals surface area (Å²) in [4.78, 5) is 26.7. The third-order valence-electron chi connectivity index (χ3n) is 8.79. The van der Waals surface area contributed by atoms with Crippen LogP contribution in [0, 0.1) is 12.7 Å². The lowest BCUT2D eigenvalue weighted by atomic mass is 10.1. The molecular weight excluding hydrogens is 684 g/mol. The zero-order valence-electron chi connectivity index (χ0n) is 26.4. The molecule has 49 heavy (non-hydrogen) atoms. The Morgan fingerprint density at radius 2 is 1.63 bits per heavy atom. The number of piperazine rings is 1. The van der Waals surface area contributed by atoms with E-state index in [0.717, 1.165) is 12.1 Å². The number of para-hydroxylation sites is 1. The van der Waals surface area contributed by atoms with Gasteiger partial charge in [0.2, 0.25) is 21.9 Å². The van der Waals surface area contributed by atoms with Crippen molar-refractivity contribution in [3.8, 4) is 11.3 Å². The fourth-order valence-corrected chi connectivity index (χ4v) is 8.26. The van der Waals surface area contributed by atoms with Crippen LogP contribution in [-0.2, 0) is 27.5 Å². The summed E-state index contributed by atoms with van der Waals surface area (Å²) in [5, 5.41) is 3.12. The zero-order valence-corrected chi connectivity index (χ0v) is 28.0. The van der Waals surface area contributed by atoms with Gasteiger partial charge >= 0.3 is 6.18 Å². The summed E-state index contributed by atoms with van der Waals surface area (Å²) in [5.74, 6) is -0.530. The van der Waals surface area contributed by atoms with Crippen LogP contribution in [0.3, 0.4) is 0 Å². The number of sulfonamides is 1. The second kappa shape index (κ2) is 13.9. The van der Waals surface area contributed by atoms with Crippen molar-refractivity contribution in [1.82, 2.24) is 19.6 Å². The van der Waals surface area contributed by atoms with Crippen molar-refractivity contribution in [1.29, 1.82) is 0 Å². The van der Waals surface area contributed by atoms with E-state index in [-0.39, 0.29) is 23.8 Å². The van der Waals surface area contributed by atoms with Gasteiger partial charge in [-0.1, -0.05) is 41.9 Å². The number of carbonyl (C=O) groups is 1. The highest BCUT2D eigenvalue weighted by Gasteiger charge is 2.40. The third kappa shape index (κ3) is 7.36. The highest BCUT2D eigenvalue weighted by Crippen LogP contribution is 2.33. The van der Waals surface area contributed by atoms with Crippen LogP contribution < -0.4 is 15.1 Å². The van der Waals surface area contributed by atoms with Gasteiger partial charge in [0.1, 0.15) is 11.9 Å². The van der Waals surface area contributed by atoms with Crippen LogP contribution in [0.1, 0.15) is 29.7 Å². The van der Waals surface area contributed by atoms with Gasteiger partial charge in [-0.3, -0.25) is 4.79 Å². The molecule has 1 aromatic heterocycles. The van der Waals surface area contributed by atoms with E-state index >= 15 is 0 Å². The maximum atomic E-state index is 14.4. The van der Waals surface area contributed by atoms with E-state index in [4.69, 9.17) is 11.6 Å². The normalized spacial score (nSPS) is 17.4. The second-order valence-electron chi connectivity index (χ2n) is 11.9. The average Bonchev–Trinajstić information content (AvgIpc) is 3.60. The molecule has 2 aliphatic heterocycles. The van der Waals surface area contributed by atoms with E-state index in [9.17, 15) is 30.8 Å². The minimum Gasteiger partial charge on any atom is -0.366 e. The number of aromatic nitrogens is 2. The summed E-state index contributed by atoms with van der Waals surface area (Å²) in [6, 6.07) is 16.3. The van der Waals surface area contributed by atoms with Crippen LogP contribution in [0.15, 0.2) is 77.7 Å². The summed E-state index contributed by atoms with van der Waals surface area (Å²) < 4.78 is 82.6. The minimum atomic E-state index is -4.50. The van der Waals surface area contributed by atoms with Crippen LogP contribution >= 0.6 is 11.6 Å². The lowest BCUT2D eigenvalue weighted by molar-refractivity contribution is -0.137. The van der Waals surface area contributed by atoms with Gasteiger partial charge in [0.05, 0.1) is 34.1 Å². The van der Waals surface area contributed by atoms with Crippen LogP contribution in [0.2, 0.25) is 5.02 Å². The number of hydrogen-bond acceptors (Lipinski definition) is 7. The smallest absolute Gasteiger partial charge is 0.366 e. The second-order valence-corrected chi connectivity index (χ2v) is 14.2. The fraction of sp³-hybridized carbons (Fsp3) is 0.324. The molecule has 0 spiro atoms. The topological polar surface area (TPSA) is 98.7 Å². The monoisotopic (exact) mass is 716 g/mol. The molecule has 0 aliphatic carbocycles. The Hall–Kier alpha value is -4.27. The fourth-order valence-electron chi connectivity index (χ4n) is 6.13. The van der Waals surface area contributed by atoms with Crippen molar-refractivity contribution in [2.24, 2.45) is 0 Å². The Kier molecular flexibility index (Phi) is 9.83. The van der Waals surface area contributed by atoms with Gasteiger partial charge in [-0.2, -0.15) is 17.5 Å². The highest BCUT2D eigenvalue weighted by molar-refractivity contribution is 7.89. The van der Waals surface area contributed by atoms with E-state index in [0.29, 0.717) is 78.2 Å². The maximum Gasteiger partial charge on any atom is 0.416 e. The SMILES string of the molecule is Cc1c(Cl)cccc1S(=O)(=O)N1CCC[C@H]1C(=O)NCc1cc(-c2ccc(C(F)(F)F)cc2)nc(N2CCN(c3ccccc3F)CC2)n1. The van der Waals surface area contributed by atoms with E-state index in [2.05, 4.69) is 15.3 Å². The largest absolute Gasteiger partial charge is 0.416 e. The molecule has 9 nitrogen and oxygen atoms in total. The predicted octanol–water partition coefficient (Wildman–Crippen LogP) is 6.06. The molecule has 0 radical (unpaired) electrons. The lowest BCUT2D eigenvalue weighted by Crippen LogP contribution is -2.47. The minimum absolute atomic E-state index is 0.0384. The molecule has 2 aliphatic rings. The molecule has 3 heterocycles. The first-order valence-electron chi connectivity index (χ1n) is 15.7. The first-order chi connectivity index (χ1) is 23.3. The molecule has 2 fully saturated rings. The van der Waals surface area contributed by atoms with Crippen molar-refractivity contribution in [2.75, 3.05) is 42.5 Å². The number of hydrogen-bond donors (Lipinski definition) is 1. The van der Waals surface area contributed by atoms with Crippen molar-refractivity contribution >= 4 is 39.2 Å². The van der Waals surface area contributed by atoms with Gasteiger partial charge in [0, 0.05) is 43.3 Å². The number of benzene rings is 3. The van der Waals surface area contributed by atoms with E-state index < -0.39 is 33.7 Å². The van der Waals surface area contributed by atoms with E-state index in [1.807, 2.05) is 9.80 Å². The molecule has 1 amide bonds. The van der Waals surface area contributed by atoms with Crippen molar-refractivity contribution in [2.45, 2.75) is 43.4 Å². The van der Waals surface area contributed by atoms with Crippen molar-refractivity contribution in [3.05, 3.63) is 100 Å². The summed E-state index contributed by atoms with van der Waals surface area (Å²) in [6.07, 6.45) is -3.69. The Morgan fingerprint density at radius 1 is 0.939 bits per heavy atom. The summed E-state index contributed by atoms with van der Waals surface area (Å²) in [7, 11) is -4.03. The van der Waals surface area contributed by atoms with Gasteiger partial charge in [-0.25, -0.2) is 22.8 Å². The Balaban J connectivity index is 1.23. The first kappa shape index (κ1) is 34.6. The Morgan fingerprint density at radius 3 is 2.33 bits per heavy atom. The lowest BCUT2D eigenvalue weighted by Gasteiger charge is -2.36. The van der Waals surface area contributed by atoms with E-state index in [1.54, 1.807) is 43.3 Å². The quantitative estimate of drug-likeness (QED) is 0.222. The molecule has 2 saturated heterocycles. The number of nitrogens with zero attached hydrogens (tertiary/aromatic N) is 5. The number of amides is 1. The average molecular weight is 717 g/mol. The van der Waals surface area contributed by atoms with Crippen LogP contribution in [0.25, 0.3) is 11.3 Å². The standard InChI is InChI=1S/C34H33ClF4N6O3S/c1-22-26(35)6-4-10-31(22)49(47,48)45-15-5-9-30(45)32(46)40-21-25-20-28(23-11-13-24(14-12-23)34(37,38)39)42-33(41-25)44-18-16-43(17-19-44)29-8-3-2-7-27(29)36/h2-4,6-8,10-14,20,30H,5,9,15-19,21H2,1H3,(H,40,46)/t30-/m0/s1.